The van der Waals surface area contributed by atoms with E-state index < -0.39 is 0 Å². The molecule has 1 aromatic carbocycles. The molecule has 3 aliphatic rings. The molecular formula is C19H20N2O2. The number of pyridine rings is 1. The van der Waals surface area contributed by atoms with Crippen LogP contribution in [0.2, 0.25) is 0 Å². The minimum absolute atomic E-state index is 0.0633. The van der Waals surface area contributed by atoms with E-state index in [4.69, 9.17) is 4.74 Å². The lowest BCUT2D eigenvalue weighted by atomic mass is 9.77. The van der Waals surface area contributed by atoms with E-state index in [1.54, 1.807) is 12.3 Å². The zero-order valence-electron chi connectivity index (χ0n) is 13.0. The van der Waals surface area contributed by atoms with E-state index in [2.05, 4.69) is 17.1 Å². The summed E-state index contributed by atoms with van der Waals surface area (Å²) in [7, 11) is 0. The molecule has 5 rings (SSSR count). The molecule has 3 fully saturated rings. The van der Waals surface area contributed by atoms with Gasteiger partial charge in [-0.3, -0.25) is 9.78 Å². The van der Waals surface area contributed by atoms with Crippen LogP contribution < -0.4 is 0 Å². The standard InChI is InChI=1S/C19H20N2O2/c22-19(18-8-4-5-9-20-18)21-15-10-16(21)12-17(11-15)23-13-14-6-2-1-3-7-14/h1-9,15-17H,10-13H2/t15-,16+,17?. The fourth-order valence-electron chi connectivity index (χ4n) is 3.70. The van der Waals surface area contributed by atoms with Crippen LogP contribution >= 0.6 is 0 Å². The summed E-state index contributed by atoms with van der Waals surface area (Å²) in [4.78, 5) is 18.7. The summed E-state index contributed by atoms with van der Waals surface area (Å²) in [6.45, 7) is 0.652. The Balaban J connectivity index is 1.34. The summed E-state index contributed by atoms with van der Waals surface area (Å²) in [5.74, 6) is 0.0633. The molecule has 3 heterocycles. The maximum atomic E-state index is 12.5. The predicted octanol–water partition coefficient (Wildman–Crippen LogP) is 3.04. The highest BCUT2D eigenvalue weighted by atomic mass is 16.5. The number of benzene rings is 1. The van der Waals surface area contributed by atoms with E-state index in [1.807, 2.05) is 35.2 Å². The van der Waals surface area contributed by atoms with Gasteiger partial charge >= 0.3 is 0 Å². The van der Waals surface area contributed by atoms with Crippen molar-refractivity contribution in [3.8, 4) is 0 Å². The number of ether oxygens (including phenoxy) is 1. The average Bonchev–Trinajstić information content (AvgIpc) is 2.62. The summed E-state index contributed by atoms with van der Waals surface area (Å²) in [6, 6.07) is 16.4. The third-order valence-electron chi connectivity index (χ3n) is 4.85. The Hall–Kier alpha value is -2.20. The van der Waals surface area contributed by atoms with Crippen molar-refractivity contribution in [1.82, 2.24) is 9.88 Å². The molecule has 1 saturated carbocycles. The molecule has 0 radical (unpaired) electrons. The Morgan fingerprint density at radius 2 is 1.78 bits per heavy atom. The van der Waals surface area contributed by atoms with Gasteiger partial charge in [-0.2, -0.15) is 0 Å². The lowest BCUT2D eigenvalue weighted by Gasteiger charge is -2.54. The smallest absolute Gasteiger partial charge is 0.272 e. The van der Waals surface area contributed by atoms with Gasteiger partial charge in [0.2, 0.25) is 0 Å². The predicted molar refractivity (Wildman–Crippen MR) is 86.9 cm³/mol. The Kier molecular flexibility index (Phi) is 3.83. The second kappa shape index (κ2) is 6.13. The van der Waals surface area contributed by atoms with Gasteiger partial charge in [0.15, 0.2) is 0 Å². The van der Waals surface area contributed by atoms with E-state index in [-0.39, 0.29) is 12.0 Å². The highest BCUT2D eigenvalue weighted by molar-refractivity contribution is 5.93. The van der Waals surface area contributed by atoms with Crippen LogP contribution in [0.1, 0.15) is 35.3 Å². The molecule has 4 heteroatoms. The summed E-state index contributed by atoms with van der Waals surface area (Å²) in [5, 5.41) is 0. The molecule has 2 bridgehead atoms. The largest absolute Gasteiger partial charge is 0.373 e. The molecule has 2 saturated heterocycles. The molecule has 1 unspecified atom stereocenters. The van der Waals surface area contributed by atoms with Crippen molar-refractivity contribution in [2.75, 3.05) is 0 Å². The first-order chi connectivity index (χ1) is 11.3. The first-order valence-corrected chi connectivity index (χ1v) is 8.20. The van der Waals surface area contributed by atoms with E-state index in [1.165, 1.54) is 5.56 Å². The summed E-state index contributed by atoms with van der Waals surface area (Å²) >= 11 is 0. The van der Waals surface area contributed by atoms with Crippen LogP contribution in [0.15, 0.2) is 54.7 Å². The molecule has 2 aliphatic heterocycles. The Morgan fingerprint density at radius 3 is 2.48 bits per heavy atom. The molecule has 23 heavy (non-hydrogen) atoms. The van der Waals surface area contributed by atoms with Crippen molar-refractivity contribution >= 4 is 5.91 Å². The number of rotatable bonds is 4. The monoisotopic (exact) mass is 308 g/mol. The zero-order valence-corrected chi connectivity index (χ0v) is 13.0. The average molecular weight is 308 g/mol. The lowest BCUT2D eigenvalue weighted by molar-refractivity contribution is -0.0902. The summed E-state index contributed by atoms with van der Waals surface area (Å²) in [6.07, 6.45) is 4.90. The van der Waals surface area contributed by atoms with Gasteiger partial charge < -0.3 is 9.64 Å². The minimum atomic E-state index is 0.0633. The second-order valence-electron chi connectivity index (χ2n) is 6.36. The van der Waals surface area contributed by atoms with E-state index >= 15 is 0 Å². The third kappa shape index (κ3) is 2.86. The van der Waals surface area contributed by atoms with E-state index in [0.717, 1.165) is 19.3 Å². The number of hydrogen-bond donors (Lipinski definition) is 0. The number of fused-ring (bicyclic) bond motifs is 2. The van der Waals surface area contributed by atoms with Crippen LogP contribution in [-0.2, 0) is 11.3 Å². The zero-order chi connectivity index (χ0) is 15.6. The lowest BCUT2D eigenvalue weighted by Crippen LogP contribution is -2.64. The second-order valence-corrected chi connectivity index (χ2v) is 6.36. The molecule has 2 aromatic rings. The molecule has 3 atom stereocenters. The summed E-state index contributed by atoms with van der Waals surface area (Å²) < 4.78 is 6.05. The highest BCUT2D eigenvalue weighted by Gasteiger charge is 2.48. The van der Waals surface area contributed by atoms with Gasteiger partial charge in [-0.25, -0.2) is 0 Å². The third-order valence-corrected chi connectivity index (χ3v) is 4.85. The van der Waals surface area contributed by atoms with Crippen LogP contribution in [0.4, 0.5) is 0 Å². The van der Waals surface area contributed by atoms with Gasteiger partial charge in [-0.05, 0) is 37.0 Å². The van der Waals surface area contributed by atoms with Crippen LogP contribution in [0.5, 0.6) is 0 Å². The number of nitrogens with zero attached hydrogens (tertiary/aromatic N) is 2. The fourth-order valence-corrected chi connectivity index (χ4v) is 3.70. The van der Waals surface area contributed by atoms with Crippen molar-refractivity contribution < 1.29 is 9.53 Å². The van der Waals surface area contributed by atoms with Crippen LogP contribution in [-0.4, -0.2) is 34.0 Å². The number of hydrogen-bond acceptors (Lipinski definition) is 3. The minimum Gasteiger partial charge on any atom is -0.373 e. The van der Waals surface area contributed by atoms with Crippen molar-refractivity contribution in [1.29, 1.82) is 0 Å². The van der Waals surface area contributed by atoms with Crippen LogP contribution in [0, 0.1) is 0 Å². The Labute approximate surface area is 136 Å². The number of carbonyl (C=O) groups is 1. The molecule has 1 amide bonds. The Bertz CT molecular complexity index is 662. The molecular weight excluding hydrogens is 288 g/mol. The SMILES string of the molecule is O=C(c1ccccn1)N1[C@@H]2CC(OCc3ccccc3)C[C@H]1C2. The number of amides is 1. The van der Waals surface area contributed by atoms with Crippen LogP contribution in [0.25, 0.3) is 0 Å². The number of aromatic nitrogens is 1. The highest BCUT2D eigenvalue weighted by Crippen LogP contribution is 2.40. The number of carbonyl (C=O) groups excluding carboxylic acids is 1. The normalized spacial score (nSPS) is 25.7. The molecule has 0 N–H and O–H groups in total. The molecule has 1 aromatic heterocycles. The fraction of sp³-hybridized carbons (Fsp3) is 0.368. The van der Waals surface area contributed by atoms with Crippen molar-refractivity contribution in [3.05, 3.63) is 66.0 Å². The maximum absolute atomic E-state index is 12.5. The van der Waals surface area contributed by atoms with E-state index in [0.29, 0.717) is 24.4 Å². The van der Waals surface area contributed by atoms with E-state index in [9.17, 15) is 4.79 Å². The van der Waals surface area contributed by atoms with Gasteiger partial charge in [0, 0.05) is 18.3 Å². The van der Waals surface area contributed by atoms with Crippen molar-refractivity contribution in [2.24, 2.45) is 0 Å². The topological polar surface area (TPSA) is 42.4 Å². The quantitative estimate of drug-likeness (QED) is 0.872. The molecule has 1 aliphatic carbocycles. The maximum Gasteiger partial charge on any atom is 0.272 e. The van der Waals surface area contributed by atoms with Crippen LogP contribution in [0.3, 0.4) is 0 Å². The first-order valence-electron chi connectivity index (χ1n) is 8.20. The van der Waals surface area contributed by atoms with Gasteiger partial charge in [0.05, 0.1) is 12.7 Å². The van der Waals surface area contributed by atoms with Gasteiger partial charge in [0.25, 0.3) is 5.91 Å². The van der Waals surface area contributed by atoms with Crippen molar-refractivity contribution in [3.63, 3.8) is 0 Å². The molecule has 4 nitrogen and oxygen atoms in total. The van der Waals surface area contributed by atoms with Gasteiger partial charge in [-0.15, -0.1) is 0 Å². The van der Waals surface area contributed by atoms with Gasteiger partial charge in [-0.1, -0.05) is 36.4 Å². The summed E-state index contributed by atoms with van der Waals surface area (Å²) in [5.41, 5.74) is 1.75. The van der Waals surface area contributed by atoms with Gasteiger partial charge in [0.1, 0.15) is 5.69 Å². The number of piperidine rings is 1. The van der Waals surface area contributed by atoms with Crippen molar-refractivity contribution in [2.45, 2.75) is 44.1 Å². The molecule has 0 spiro atoms. The molecule has 118 valence electrons. The Morgan fingerprint density at radius 1 is 1.04 bits per heavy atom. The first kappa shape index (κ1) is 14.4.